The normalized spacial score (nSPS) is 11.6. The first-order valence-electron chi connectivity index (χ1n) is 8.46. The minimum Gasteiger partial charge on any atom is -0.449 e. The van der Waals surface area contributed by atoms with E-state index in [1.165, 1.54) is 6.92 Å². The summed E-state index contributed by atoms with van der Waals surface area (Å²) in [5.74, 6) is -0.00455. The van der Waals surface area contributed by atoms with Gasteiger partial charge in [0.2, 0.25) is 11.8 Å². The van der Waals surface area contributed by atoms with Gasteiger partial charge < -0.3 is 14.5 Å². The van der Waals surface area contributed by atoms with E-state index in [-0.39, 0.29) is 11.8 Å². The molecule has 0 spiro atoms. The zero-order chi connectivity index (χ0) is 19.2. The maximum Gasteiger partial charge on any atom is 0.338 e. The van der Waals surface area contributed by atoms with Crippen molar-refractivity contribution in [2.75, 3.05) is 0 Å². The number of carbonyl (C=O) groups is 2. The first-order chi connectivity index (χ1) is 13.0. The molecular formula is C20H19N3O4. The number of nitrogens with one attached hydrogen (secondary N) is 1. The van der Waals surface area contributed by atoms with Crippen LogP contribution in [0.15, 0.2) is 59.0 Å². The van der Waals surface area contributed by atoms with Crippen LogP contribution >= 0.6 is 0 Å². The maximum absolute atomic E-state index is 12.3. The molecule has 0 saturated heterocycles. The van der Waals surface area contributed by atoms with E-state index in [0.29, 0.717) is 18.0 Å². The Morgan fingerprint density at radius 2 is 1.78 bits per heavy atom. The van der Waals surface area contributed by atoms with Gasteiger partial charge in [-0.2, -0.15) is 0 Å². The number of benzene rings is 2. The summed E-state index contributed by atoms with van der Waals surface area (Å²) < 4.78 is 11.0. The van der Waals surface area contributed by atoms with Crippen LogP contribution in [-0.2, 0) is 16.1 Å². The van der Waals surface area contributed by atoms with Crippen molar-refractivity contribution in [1.82, 2.24) is 15.5 Å². The van der Waals surface area contributed by atoms with Gasteiger partial charge in [0.05, 0.1) is 5.56 Å². The molecule has 1 N–H and O–H groups in total. The third-order valence-corrected chi connectivity index (χ3v) is 3.82. The number of amides is 1. The standard InChI is InChI=1S/C20H19N3O4/c1-13(18-22-23-19(27-18)16-6-4-3-5-7-16)26-20(25)17-10-8-15(9-11-17)12-21-14(2)24/h3-11,13H,12H2,1-2H3,(H,21,24)/t13-/m0/s1. The smallest absolute Gasteiger partial charge is 0.338 e. The van der Waals surface area contributed by atoms with Gasteiger partial charge >= 0.3 is 5.97 Å². The van der Waals surface area contributed by atoms with Crippen molar-refractivity contribution in [3.63, 3.8) is 0 Å². The lowest BCUT2D eigenvalue weighted by Crippen LogP contribution is -2.18. The first kappa shape index (κ1) is 18.3. The summed E-state index contributed by atoms with van der Waals surface area (Å²) in [6.45, 7) is 3.53. The lowest BCUT2D eigenvalue weighted by Gasteiger charge is -2.10. The molecule has 3 rings (SSSR count). The molecule has 7 heteroatoms. The third-order valence-electron chi connectivity index (χ3n) is 3.82. The van der Waals surface area contributed by atoms with E-state index in [2.05, 4.69) is 15.5 Å². The lowest BCUT2D eigenvalue weighted by atomic mass is 10.1. The molecule has 3 aromatic rings. The zero-order valence-electron chi connectivity index (χ0n) is 15.0. The molecule has 1 aromatic heterocycles. The topological polar surface area (TPSA) is 94.3 Å². The largest absolute Gasteiger partial charge is 0.449 e. The molecule has 0 unspecified atom stereocenters. The third kappa shape index (κ3) is 4.78. The van der Waals surface area contributed by atoms with E-state index < -0.39 is 12.1 Å². The Morgan fingerprint density at radius 1 is 1.07 bits per heavy atom. The summed E-state index contributed by atoms with van der Waals surface area (Å²) >= 11 is 0. The van der Waals surface area contributed by atoms with Gasteiger partial charge in [0.1, 0.15) is 0 Å². The molecule has 7 nitrogen and oxygen atoms in total. The number of rotatable bonds is 6. The summed E-state index contributed by atoms with van der Waals surface area (Å²) in [5, 5.41) is 10.6. The number of esters is 1. The highest BCUT2D eigenvalue weighted by molar-refractivity contribution is 5.89. The molecule has 27 heavy (non-hydrogen) atoms. The van der Waals surface area contributed by atoms with Gasteiger partial charge in [-0.15, -0.1) is 10.2 Å². The molecule has 138 valence electrons. The van der Waals surface area contributed by atoms with Crippen molar-refractivity contribution < 1.29 is 18.7 Å². The number of ether oxygens (including phenoxy) is 1. The van der Waals surface area contributed by atoms with Gasteiger partial charge in [0.25, 0.3) is 5.89 Å². The number of nitrogens with zero attached hydrogens (tertiary/aromatic N) is 2. The van der Waals surface area contributed by atoms with Crippen LogP contribution in [0.3, 0.4) is 0 Å². The second-order valence-corrected chi connectivity index (χ2v) is 5.97. The van der Waals surface area contributed by atoms with Crippen LogP contribution in [0.1, 0.15) is 41.8 Å². The molecule has 1 amide bonds. The molecule has 0 bridgehead atoms. The molecule has 2 aromatic carbocycles. The van der Waals surface area contributed by atoms with Crippen molar-refractivity contribution in [2.45, 2.75) is 26.5 Å². The fraction of sp³-hybridized carbons (Fsp3) is 0.200. The Bertz CT molecular complexity index is 920. The fourth-order valence-corrected chi connectivity index (χ4v) is 2.36. The number of aromatic nitrogens is 2. The summed E-state index contributed by atoms with van der Waals surface area (Å²) in [6, 6.07) is 16.2. The van der Waals surface area contributed by atoms with Crippen molar-refractivity contribution >= 4 is 11.9 Å². The molecule has 1 atom stereocenters. The Hall–Kier alpha value is -3.48. The molecule has 0 aliphatic rings. The maximum atomic E-state index is 12.3. The van der Waals surface area contributed by atoms with E-state index in [1.54, 1.807) is 31.2 Å². The molecule has 0 radical (unpaired) electrons. The van der Waals surface area contributed by atoms with Gasteiger partial charge in [-0.1, -0.05) is 30.3 Å². The van der Waals surface area contributed by atoms with Crippen molar-refractivity contribution in [2.24, 2.45) is 0 Å². The van der Waals surface area contributed by atoms with Crippen molar-refractivity contribution in [3.05, 3.63) is 71.6 Å². The number of hydrogen-bond donors (Lipinski definition) is 1. The van der Waals surface area contributed by atoms with Crippen molar-refractivity contribution in [1.29, 1.82) is 0 Å². The molecule has 0 aliphatic carbocycles. The quantitative estimate of drug-likeness (QED) is 0.674. The molecule has 1 heterocycles. The Labute approximate surface area is 156 Å². The van der Waals surface area contributed by atoms with E-state index >= 15 is 0 Å². The lowest BCUT2D eigenvalue weighted by molar-refractivity contribution is -0.119. The predicted octanol–water partition coefficient (Wildman–Crippen LogP) is 3.29. The van der Waals surface area contributed by atoms with Crippen LogP contribution in [0.4, 0.5) is 0 Å². The van der Waals surface area contributed by atoms with Crippen LogP contribution in [-0.4, -0.2) is 22.1 Å². The Morgan fingerprint density at radius 3 is 2.44 bits per heavy atom. The highest BCUT2D eigenvalue weighted by Gasteiger charge is 2.20. The minimum absolute atomic E-state index is 0.109. The second-order valence-electron chi connectivity index (χ2n) is 5.97. The number of carbonyl (C=O) groups excluding carboxylic acids is 2. The second kappa shape index (κ2) is 8.27. The highest BCUT2D eigenvalue weighted by atomic mass is 16.6. The van der Waals surface area contributed by atoms with Crippen LogP contribution in [0.25, 0.3) is 11.5 Å². The van der Waals surface area contributed by atoms with E-state index in [9.17, 15) is 9.59 Å². The molecular weight excluding hydrogens is 346 g/mol. The van der Waals surface area contributed by atoms with Gasteiger partial charge in [0, 0.05) is 19.0 Å². The van der Waals surface area contributed by atoms with Crippen LogP contribution in [0.2, 0.25) is 0 Å². The van der Waals surface area contributed by atoms with Crippen molar-refractivity contribution in [3.8, 4) is 11.5 Å². The molecule has 0 fully saturated rings. The highest BCUT2D eigenvalue weighted by Crippen LogP contribution is 2.23. The summed E-state index contributed by atoms with van der Waals surface area (Å²) in [7, 11) is 0. The predicted molar refractivity (Wildman–Crippen MR) is 97.5 cm³/mol. The number of hydrogen-bond acceptors (Lipinski definition) is 6. The molecule has 0 saturated carbocycles. The average molecular weight is 365 g/mol. The van der Waals surface area contributed by atoms with E-state index in [1.807, 2.05) is 30.3 Å². The van der Waals surface area contributed by atoms with Gasteiger partial charge in [0.15, 0.2) is 6.10 Å². The summed E-state index contributed by atoms with van der Waals surface area (Å²) in [4.78, 5) is 23.2. The fourth-order valence-electron chi connectivity index (χ4n) is 2.36. The van der Waals surface area contributed by atoms with Crippen LogP contribution < -0.4 is 5.32 Å². The monoisotopic (exact) mass is 365 g/mol. The summed E-state index contributed by atoms with van der Waals surface area (Å²) in [5.41, 5.74) is 2.08. The first-order valence-corrected chi connectivity index (χ1v) is 8.46. The van der Waals surface area contributed by atoms with Crippen LogP contribution in [0, 0.1) is 0 Å². The van der Waals surface area contributed by atoms with Gasteiger partial charge in [-0.3, -0.25) is 4.79 Å². The van der Waals surface area contributed by atoms with E-state index in [0.717, 1.165) is 11.1 Å². The van der Waals surface area contributed by atoms with Gasteiger partial charge in [-0.25, -0.2) is 4.79 Å². The molecule has 0 aliphatic heterocycles. The van der Waals surface area contributed by atoms with E-state index in [4.69, 9.17) is 9.15 Å². The SMILES string of the molecule is CC(=O)NCc1ccc(C(=O)O[C@@H](C)c2nnc(-c3ccccc3)o2)cc1. The minimum atomic E-state index is -0.679. The van der Waals surface area contributed by atoms with Gasteiger partial charge in [-0.05, 0) is 36.8 Å². The zero-order valence-corrected chi connectivity index (χ0v) is 15.0. The Balaban J connectivity index is 1.62. The summed E-state index contributed by atoms with van der Waals surface area (Å²) in [6.07, 6.45) is -0.679. The average Bonchev–Trinajstić information content (AvgIpc) is 3.18. The van der Waals surface area contributed by atoms with Crippen LogP contribution in [0.5, 0.6) is 0 Å². The Kier molecular flexibility index (Phi) is 5.61.